The Morgan fingerprint density at radius 1 is 1.22 bits per heavy atom. The molecule has 0 amide bonds. The fraction of sp³-hybridized carbons (Fsp3) is 0.316. The lowest BCUT2D eigenvalue weighted by Gasteiger charge is -2.26. The fourth-order valence-corrected chi connectivity index (χ4v) is 3.41. The number of aromatic nitrogens is 3. The highest BCUT2D eigenvalue weighted by atomic mass is 32.1. The van der Waals surface area contributed by atoms with Crippen molar-refractivity contribution in [3.8, 4) is 11.6 Å². The van der Waals surface area contributed by atoms with Gasteiger partial charge in [0.1, 0.15) is 12.4 Å². The maximum atomic E-state index is 11.2. The van der Waals surface area contributed by atoms with Crippen LogP contribution in [-0.2, 0) is 6.42 Å². The zero-order valence-electron chi connectivity index (χ0n) is 15.3. The molecular weight excluding hydrogens is 364 g/mol. The first-order valence-corrected chi connectivity index (χ1v) is 9.51. The van der Waals surface area contributed by atoms with Gasteiger partial charge in [0.2, 0.25) is 11.8 Å². The largest absolute Gasteiger partial charge is 0.494 e. The van der Waals surface area contributed by atoms with Crippen molar-refractivity contribution in [2.45, 2.75) is 26.3 Å². The summed E-state index contributed by atoms with van der Waals surface area (Å²) in [4.78, 5) is 24.7. The summed E-state index contributed by atoms with van der Waals surface area (Å²) in [7, 11) is 0. The van der Waals surface area contributed by atoms with E-state index in [4.69, 9.17) is 4.74 Å². The summed E-state index contributed by atoms with van der Waals surface area (Å²) >= 11 is 1.02. The van der Waals surface area contributed by atoms with Crippen LogP contribution in [0, 0.1) is 0 Å². The maximum Gasteiger partial charge on any atom is 0.307 e. The van der Waals surface area contributed by atoms with E-state index in [9.17, 15) is 9.90 Å². The van der Waals surface area contributed by atoms with Crippen LogP contribution >= 0.6 is 11.3 Å². The molecule has 7 nitrogen and oxygen atoms in total. The minimum absolute atomic E-state index is 0.0535. The third kappa shape index (κ3) is 5.07. The molecule has 0 bridgehead atoms. The molecule has 0 fully saturated rings. The Labute approximate surface area is 161 Å². The molecule has 0 spiro atoms. The van der Waals surface area contributed by atoms with Crippen LogP contribution in [0.4, 0.5) is 5.95 Å². The Morgan fingerprint density at radius 2 is 1.93 bits per heavy atom. The Balaban J connectivity index is 1.55. The zero-order valence-corrected chi connectivity index (χ0v) is 16.1. The smallest absolute Gasteiger partial charge is 0.307 e. The van der Waals surface area contributed by atoms with E-state index < -0.39 is 0 Å². The number of H-pyrrole nitrogens is 1. The average Bonchev–Trinajstić information content (AvgIpc) is 2.97. The molecule has 0 aliphatic rings. The number of thiazole rings is 1. The number of hydrogen-bond donors (Lipinski definition) is 2. The average molecular weight is 386 g/mol. The third-order valence-electron chi connectivity index (χ3n) is 4.02. The number of aromatic hydroxyl groups is 1. The van der Waals surface area contributed by atoms with Crippen molar-refractivity contribution in [3.63, 3.8) is 0 Å². The summed E-state index contributed by atoms with van der Waals surface area (Å²) in [5.74, 6) is 1.40. The molecule has 0 atom stereocenters. The van der Waals surface area contributed by atoms with E-state index in [1.54, 1.807) is 18.5 Å². The van der Waals surface area contributed by atoms with E-state index in [-0.39, 0.29) is 16.8 Å². The van der Waals surface area contributed by atoms with Crippen LogP contribution in [0.5, 0.6) is 11.6 Å². The minimum Gasteiger partial charge on any atom is -0.494 e. The van der Waals surface area contributed by atoms with Gasteiger partial charge in [-0.3, -0.25) is 9.78 Å². The van der Waals surface area contributed by atoms with Gasteiger partial charge in [-0.1, -0.05) is 23.5 Å². The van der Waals surface area contributed by atoms with Crippen molar-refractivity contribution in [2.24, 2.45) is 0 Å². The highest BCUT2D eigenvalue weighted by Gasteiger charge is 2.13. The summed E-state index contributed by atoms with van der Waals surface area (Å²) < 4.78 is 5.84. The fourth-order valence-electron chi connectivity index (χ4n) is 2.65. The molecule has 3 aromatic rings. The SMILES string of the molecule is CC(C)N(CCOc1ccc(Cc2sc(=O)[nH]c2O)cc1)c1ncccn1. The number of aromatic amines is 1. The molecule has 2 N–H and O–H groups in total. The van der Waals surface area contributed by atoms with Crippen molar-refractivity contribution < 1.29 is 9.84 Å². The van der Waals surface area contributed by atoms with E-state index in [1.165, 1.54) is 0 Å². The number of rotatable bonds is 8. The van der Waals surface area contributed by atoms with E-state index in [2.05, 4.69) is 33.7 Å². The van der Waals surface area contributed by atoms with Crippen LogP contribution in [0.1, 0.15) is 24.3 Å². The molecule has 0 aliphatic carbocycles. The second kappa shape index (κ2) is 8.68. The van der Waals surface area contributed by atoms with Gasteiger partial charge in [0.15, 0.2) is 0 Å². The molecular formula is C19H22N4O3S. The summed E-state index contributed by atoms with van der Waals surface area (Å²) in [6.07, 6.45) is 3.97. The lowest BCUT2D eigenvalue weighted by molar-refractivity contribution is 0.319. The van der Waals surface area contributed by atoms with Crippen molar-refractivity contribution in [3.05, 3.63) is 62.8 Å². The Hall–Kier alpha value is -2.87. The van der Waals surface area contributed by atoms with Crippen LogP contribution in [-0.4, -0.2) is 39.3 Å². The number of hydrogen-bond acceptors (Lipinski definition) is 7. The molecule has 0 aliphatic heterocycles. The standard InChI is InChI=1S/C19H22N4O3S/c1-13(2)23(18-20-8-3-9-21-18)10-11-26-15-6-4-14(5-7-15)12-16-17(24)22-19(25)27-16/h3-9,13,24H,10-12H2,1-2H3,(H,22,25). The van der Waals surface area contributed by atoms with Gasteiger partial charge in [-0.05, 0) is 37.6 Å². The monoisotopic (exact) mass is 386 g/mol. The van der Waals surface area contributed by atoms with Gasteiger partial charge in [0.25, 0.3) is 0 Å². The van der Waals surface area contributed by atoms with E-state index >= 15 is 0 Å². The molecule has 2 aromatic heterocycles. The van der Waals surface area contributed by atoms with Gasteiger partial charge in [-0.15, -0.1) is 0 Å². The normalized spacial score (nSPS) is 10.9. The zero-order chi connectivity index (χ0) is 19.2. The van der Waals surface area contributed by atoms with Crippen LogP contribution in [0.3, 0.4) is 0 Å². The molecule has 27 heavy (non-hydrogen) atoms. The second-order valence-electron chi connectivity index (χ2n) is 6.29. The summed E-state index contributed by atoms with van der Waals surface area (Å²) in [5, 5.41) is 9.67. The van der Waals surface area contributed by atoms with E-state index in [1.807, 2.05) is 24.3 Å². The molecule has 1 aromatic carbocycles. The number of anilines is 1. The molecule has 0 unspecified atom stereocenters. The summed E-state index contributed by atoms with van der Waals surface area (Å²) in [6.45, 7) is 5.37. The molecule has 0 radical (unpaired) electrons. The lowest BCUT2D eigenvalue weighted by Crippen LogP contribution is -2.35. The maximum absolute atomic E-state index is 11.2. The second-order valence-corrected chi connectivity index (χ2v) is 7.36. The Kier molecular flexibility index (Phi) is 6.08. The molecule has 3 rings (SSSR count). The Morgan fingerprint density at radius 3 is 2.52 bits per heavy atom. The minimum atomic E-state index is -0.250. The first-order chi connectivity index (χ1) is 13.0. The predicted molar refractivity (Wildman–Crippen MR) is 106 cm³/mol. The molecule has 0 saturated heterocycles. The first kappa shape index (κ1) is 18.9. The van der Waals surface area contributed by atoms with Crippen LogP contribution in [0.2, 0.25) is 0 Å². The van der Waals surface area contributed by atoms with Gasteiger partial charge in [0.05, 0.1) is 11.4 Å². The number of ether oxygens (including phenoxy) is 1. The first-order valence-electron chi connectivity index (χ1n) is 8.69. The van der Waals surface area contributed by atoms with Crippen LogP contribution in [0.25, 0.3) is 0 Å². The van der Waals surface area contributed by atoms with Gasteiger partial charge in [-0.2, -0.15) is 0 Å². The van der Waals surface area contributed by atoms with E-state index in [0.717, 1.165) is 22.6 Å². The third-order valence-corrected chi connectivity index (χ3v) is 4.89. The summed E-state index contributed by atoms with van der Waals surface area (Å²) in [6, 6.07) is 9.70. The predicted octanol–water partition coefficient (Wildman–Crippen LogP) is 2.82. The highest BCUT2D eigenvalue weighted by Crippen LogP contribution is 2.22. The van der Waals surface area contributed by atoms with Crippen molar-refractivity contribution in [1.29, 1.82) is 0 Å². The molecule has 8 heteroatoms. The highest BCUT2D eigenvalue weighted by molar-refractivity contribution is 7.09. The quantitative estimate of drug-likeness (QED) is 0.619. The molecule has 2 heterocycles. The van der Waals surface area contributed by atoms with Crippen molar-refractivity contribution >= 4 is 17.3 Å². The molecule has 142 valence electrons. The lowest BCUT2D eigenvalue weighted by atomic mass is 10.1. The Bertz CT molecular complexity index is 907. The van der Waals surface area contributed by atoms with Crippen molar-refractivity contribution in [2.75, 3.05) is 18.1 Å². The van der Waals surface area contributed by atoms with Crippen LogP contribution < -0.4 is 14.5 Å². The van der Waals surface area contributed by atoms with Crippen molar-refractivity contribution in [1.82, 2.24) is 15.0 Å². The van der Waals surface area contributed by atoms with Gasteiger partial charge in [0, 0.05) is 24.9 Å². The van der Waals surface area contributed by atoms with Gasteiger partial charge >= 0.3 is 4.87 Å². The van der Waals surface area contributed by atoms with Crippen LogP contribution in [0.15, 0.2) is 47.5 Å². The number of benzene rings is 1. The number of nitrogens with one attached hydrogen (secondary N) is 1. The van der Waals surface area contributed by atoms with E-state index in [0.29, 0.717) is 30.4 Å². The van der Waals surface area contributed by atoms with Gasteiger partial charge < -0.3 is 14.7 Å². The number of nitrogens with zero attached hydrogens (tertiary/aromatic N) is 3. The summed E-state index contributed by atoms with van der Waals surface area (Å²) in [5.41, 5.74) is 0.995. The molecule has 0 saturated carbocycles. The van der Waals surface area contributed by atoms with Gasteiger partial charge in [-0.25, -0.2) is 9.97 Å². The topological polar surface area (TPSA) is 91.3 Å².